The monoisotopic (exact) mass is 296 g/mol. The Hall–Kier alpha value is -1.51. The quantitative estimate of drug-likeness (QED) is 0.346. The van der Waals surface area contributed by atoms with Crippen LogP contribution in [0.2, 0.25) is 0 Å². The lowest BCUT2D eigenvalue weighted by molar-refractivity contribution is -0.162. The van der Waals surface area contributed by atoms with Crippen LogP contribution < -0.4 is 5.73 Å². The molecule has 0 radical (unpaired) electrons. The van der Waals surface area contributed by atoms with Gasteiger partial charge in [0.25, 0.3) is 0 Å². The summed E-state index contributed by atoms with van der Waals surface area (Å²) >= 11 is 0. The van der Waals surface area contributed by atoms with Gasteiger partial charge in [-0.15, -0.1) is 0 Å². The number of oxime groups is 1. The molecule has 1 saturated heterocycles. The van der Waals surface area contributed by atoms with Crippen LogP contribution in [-0.2, 0) is 4.79 Å². The average Bonchev–Trinajstić information content (AvgIpc) is 2.35. The summed E-state index contributed by atoms with van der Waals surface area (Å²) < 4.78 is 36.5. The highest BCUT2D eigenvalue weighted by Crippen LogP contribution is 2.22. The minimum Gasteiger partial charge on any atom is -0.409 e. The third-order valence-corrected chi connectivity index (χ3v) is 3.51. The van der Waals surface area contributed by atoms with Gasteiger partial charge >= 0.3 is 6.18 Å². The van der Waals surface area contributed by atoms with Crippen LogP contribution in [0.1, 0.15) is 20.3 Å². The van der Waals surface area contributed by atoms with E-state index in [9.17, 15) is 18.0 Å². The second-order valence-electron chi connectivity index (χ2n) is 5.20. The first-order valence-electron chi connectivity index (χ1n) is 6.15. The lowest BCUT2D eigenvalue weighted by Crippen LogP contribution is -2.60. The van der Waals surface area contributed by atoms with E-state index in [0.717, 1.165) is 0 Å². The maximum atomic E-state index is 12.2. The summed E-state index contributed by atoms with van der Waals surface area (Å²) in [5.74, 6) is -0.897. The number of hydrogen-bond donors (Lipinski definition) is 2. The Balaban J connectivity index is 2.58. The molecule has 0 aromatic rings. The Bertz CT molecular complexity index is 388. The molecule has 1 aliphatic heterocycles. The maximum Gasteiger partial charge on any atom is 0.397 e. The van der Waals surface area contributed by atoms with Gasteiger partial charge in [0.2, 0.25) is 5.91 Å². The maximum absolute atomic E-state index is 12.2. The van der Waals surface area contributed by atoms with Crippen LogP contribution in [0.25, 0.3) is 0 Å². The predicted molar refractivity (Wildman–Crippen MR) is 66.3 cm³/mol. The molecular formula is C11H19F3N4O2. The zero-order valence-corrected chi connectivity index (χ0v) is 11.4. The van der Waals surface area contributed by atoms with Gasteiger partial charge in [-0.05, 0) is 13.8 Å². The highest BCUT2D eigenvalue weighted by molar-refractivity contribution is 5.88. The molecule has 0 saturated carbocycles. The van der Waals surface area contributed by atoms with Crippen molar-refractivity contribution in [2.75, 3.05) is 26.2 Å². The SMILES string of the molecule is CC(C)(C(N)=NO)N1CCN(C(=O)CC(F)(F)F)CC1. The summed E-state index contributed by atoms with van der Waals surface area (Å²) in [6, 6.07) is 0. The topological polar surface area (TPSA) is 82.2 Å². The zero-order chi connectivity index (χ0) is 15.6. The van der Waals surface area contributed by atoms with E-state index >= 15 is 0 Å². The van der Waals surface area contributed by atoms with Crippen molar-refractivity contribution in [1.82, 2.24) is 9.80 Å². The molecular weight excluding hydrogens is 277 g/mol. The molecule has 6 nitrogen and oxygen atoms in total. The number of nitrogens with zero attached hydrogens (tertiary/aromatic N) is 3. The fraction of sp³-hybridized carbons (Fsp3) is 0.818. The largest absolute Gasteiger partial charge is 0.409 e. The first-order chi connectivity index (χ1) is 9.08. The molecule has 3 N–H and O–H groups in total. The van der Waals surface area contributed by atoms with Crippen LogP contribution in [0.5, 0.6) is 0 Å². The summed E-state index contributed by atoms with van der Waals surface area (Å²) in [4.78, 5) is 14.5. The average molecular weight is 296 g/mol. The third-order valence-electron chi connectivity index (χ3n) is 3.51. The number of carbonyl (C=O) groups is 1. The zero-order valence-electron chi connectivity index (χ0n) is 11.4. The molecule has 1 rings (SSSR count). The Morgan fingerprint density at radius 2 is 1.75 bits per heavy atom. The number of rotatable bonds is 3. The molecule has 9 heteroatoms. The van der Waals surface area contributed by atoms with Crippen molar-refractivity contribution in [1.29, 1.82) is 0 Å². The Morgan fingerprint density at radius 1 is 1.25 bits per heavy atom. The van der Waals surface area contributed by atoms with Crippen LogP contribution in [0.3, 0.4) is 0 Å². The van der Waals surface area contributed by atoms with Crippen molar-refractivity contribution >= 4 is 11.7 Å². The molecule has 116 valence electrons. The Labute approximate surface area is 115 Å². The molecule has 0 aromatic carbocycles. The second-order valence-corrected chi connectivity index (χ2v) is 5.20. The van der Waals surface area contributed by atoms with Gasteiger partial charge < -0.3 is 15.8 Å². The summed E-state index contributed by atoms with van der Waals surface area (Å²) in [6.45, 7) is 4.61. The Kier molecular flexibility index (Phi) is 4.85. The molecule has 1 heterocycles. The fourth-order valence-corrected chi connectivity index (χ4v) is 2.08. The van der Waals surface area contributed by atoms with Gasteiger partial charge in [0.05, 0.1) is 5.54 Å². The van der Waals surface area contributed by atoms with Gasteiger partial charge in [-0.1, -0.05) is 5.16 Å². The number of halogens is 3. The van der Waals surface area contributed by atoms with Crippen LogP contribution in [0.4, 0.5) is 13.2 Å². The van der Waals surface area contributed by atoms with E-state index < -0.39 is 24.0 Å². The molecule has 1 fully saturated rings. The normalized spacial score (nSPS) is 19.2. The standard InChI is InChI=1S/C11H19F3N4O2/c1-10(2,9(15)16-20)18-5-3-17(4-6-18)8(19)7-11(12,13)14/h20H,3-7H2,1-2H3,(H2,15,16). The summed E-state index contributed by atoms with van der Waals surface area (Å²) in [5.41, 5.74) is 4.87. The van der Waals surface area contributed by atoms with Crippen molar-refractivity contribution in [2.24, 2.45) is 10.9 Å². The fourth-order valence-electron chi connectivity index (χ4n) is 2.08. The van der Waals surface area contributed by atoms with Crippen LogP contribution in [0.15, 0.2) is 5.16 Å². The van der Waals surface area contributed by atoms with Gasteiger partial charge in [0, 0.05) is 26.2 Å². The molecule has 0 spiro atoms. The first-order valence-corrected chi connectivity index (χ1v) is 6.15. The second kappa shape index (κ2) is 5.86. The first kappa shape index (κ1) is 16.5. The Morgan fingerprint density at radius 3 is 2.15 bits per heavy atom. The van der Waals surface area contributed by atoms with Crippen molar-refractivity contribution in [3.8, 4) is 0 Å². The van der Waals surface area contributed by atoms with Crippen LogP contribution >= 0.6 is 0 Å². The van der Waals surface area contributed by atoms with E-state index in [1.54, 1.807) is 13.8 Å². The smallest absolute Gasteiger partial charge is 0.397 e. The lowest BCUT2D eigenvalue weighted by Gasteiger charge is -2.43. The summed E-state index contributed by atoms with van der Waals surface area (Å²) in [6.07, 6.45) is -5.92. The molecule has 20 heavy (non-hydrogen) atoms. The van der Waals surface area contributed by atoms with Crippen LogP contribution in [0, 0.1) is 0 Å². The number of alkyl halides is 3. The minimum atomic E-state index is -4.48. The number of nitrogens with two attached hydrogens (primary N) is 1. The molecule has 0 aromatic heterocycles. The van der Waals surface area contributed by atoms with Gasteiger partial charge in [-0.2, -0.15) is 13.2 Å². The summed E-state index contributed by atoms with van der Waals surface area (Å²) in [5, 5.41) is 11.7. The van der Waals surface area contributed by atoms with Crippen molar-refractivity contribution in [2.45, 2.75) is 32.0 Å². The third kappa shape index (κ3) is 3.99. The number of amidine groups is 1. The highest BCUT2D eigenvalue weighted by Gasteiger charge is 2.37. The van der Waals surface area contributed by atoms with Crippen molar-refractivity contribution < 1.29 is 23.2 Å². The number of hydrogen-bond acceptors (Lipinski definition) is 4. The van der Waals surface area contributed by atoms with E-state index in [-0.39, 0.29) is 18.9 Å². The molecule has 1 aliphatic rings. The van der Waals surface area contributed by atoms with Gasteiger partial charge in [0.15, 0.2) is 5.84 Å². The number of amides is 1. The van der Waals surface area contributed by atoms with Gasteiger partial charge in [-0.25, -0.2) is 0 Å². The minimum absolute atomic E-state index is 0.0209. The molecule has 0 atom stereocenters. The van der Waals surface area contributed by atoms with Gasteiger partial charge in [0.1, 0.15) is 6.42 Å². The van der Waals surface area contributed by atoms with E-state index in [4.69, 9.17) is 10.9 Å². The number of carbonyl (C=O) groups excluding carboxylic acids is 1. The van der Waals surface area contributed by atoms with E-state index in [1.165, 1.54) is 4.90 Å². The lowest BCUT2D eigenvalue weighted by atomic mass is 10.00. The van der Waals surface area contributed by atoms with E-state index in [1.807, 2.05) is 4.90 Å². The number of piperazine rings is 1. The highest BCUT2D eigenvalue weighted by atomic mass is 19.4. The van der Waals surface area contributed by atoms with Crippen molar-refractivity contribution in [3.05, 3.63) is 0 Å². The van der Waals surface area contributed by atoms with E-state index in [0.29, 0.717) is 13.1 Å². The molecule has 0 unspecified atom stereocenters. The van der Waals surface area contributed by atoms with E-state index in [2.05, 4.69) is 5.16 Å². The van der Waals surface area contributed by atoms with Crippen molar-refractivity contribution in [3.63, 3.8) is 0 Å². The molecule has 0 aliphatic carbocycles. The summed E-state index contributed by atoms with van der Waals surface area (Å²) in [7, 11) is 0. The van der Waals surface area contributed by atoms with Gasteiger partial charge in [-0.3, -0.25) is 9.69 Å². The molecule has 1 amide bonds. The predicted octanol–water partition coefficient (Wildman–Crippen LogP) is 0.608. The molecule has 0 bridgehead atoms. The van der Waals surface area contributed by atoms with Crippen LogP contribution in [-0.4, -0.2) is 64.6 Å².